The summed E-state index contributed by atoms with van der Waals surface area (Å²) in [5.41, 5.74) is -0.922. The van der Waals surface area contributed by atoms with Gasteiger partial charge in [0.25, 0.3) is 0 Å². The summed E-state index contributed by atoms with van der Waals surface area (Å²) in [5.74, 6) is -3.07. The van der Waals surface area contributed by atoms with Crippen molar-refractivity contribution in [3.05, 3.63) is 35.4 Å². The lowest BCUT2D eigenvalue weighted by Gasteiger charge is -2.22. The second kappa shape index (κ2) is 4.82. The molecule has 1 rings (SSSR count). The maximum atomic E-state index is 13.4. The topological polar surface area (TPSA) is 26.3 Å². The number of esters is 1. The molecule has 17 heavy (non-hydrogen) atoms. The van der Waals surface area contributed by atoms with Crippen molar-refractivity contribution in [3.63, 3.8) is 0 Å². The van der Waals surface area contributed by atoms with E-state index in [1.807, 2.05) is 0 Å². The summed E-state index contributed by atoms with van der Waals surface area (Å²) in [6, 6.07) is 3.51. The Kier molecular flexibility index (Phi) is 3.86. The Bertz CT molecular complexity index is 402. The van der Waals surface area contributed by atoms with Gasteiger partial charge in [0.05, 0.1) is 5.92 Å². The number of carbonyl (C=O) groups is 1. The molecule has 0 radical (unpaired) electrons. The molecule has 4 heteroatoms. The van der Waals surface area contributed by atoms with Gasteiger partial charge in [0, 0.05) is 5.56 Å². The standard InChI is InChI=1S/C13H16F2O2/c1-8(12(16)17-13(2,3)4)11-9(14)6-5-7-10(11)15/h5-8H,1-4H3. The van der Waals surface area contributed by atoms with Crippen LogP contribution in [0.25, 0.3) is 0 Å². The number of hydrogen-bond donors (Lipinski definition) is 0. The van der Waals surface area contributed by atoms with Gasteiger partial charge in [0.2, 0.25) is 0 Å². The highest BCUT2D eigenvalue weighted by atomic mass is 19.1. The van der Waals surface area contributed by atoms with E-state index in [9.17, 15) is 13.6 Å². The van der Waals surface area contributed by atoms with Crippen molar-refractivity contribution in [2.24, 2.45) is 0 Å². The van der Waals surface area contributed by atoms with Crippen molar-refractivity contribution < 1.29 is 18.3 Å². The Labute approximate surface area is 99.6 Å². The van der Waals surface area contributed by atoms with Crippen molar-refractivity contribution in [2.75, 3.05) is 0 Å². The molecule has 0 spiro atoms. The zero-order valence-electron chi connectivity index (χ0n) is 10.4. The van der Waals surface area contributed by atoms with Crippen molar-refractivity contribution in [1.82, 2.24) is 0 Å². The maximum absolute atomic E-state index is 13.4. The summed E-state index contributed by atoms with van der Waals surface area (Å²) in [6.45, 7) is 6.54. The summed E-state index contributed by atoms with van der Waals surface area (Å²) in [6.07, 6.45) is 0. The van der Waals surface area contributed by atoms with Crippen LogP contribution in [-0.2, 0) is 9.53 Å². The molecule has 0 aliphatic rings. The molecule has 1 aromatic rings. The van der Waals surface area contributed by atoms with E-state index in [1.54, 1.807) is 20.8 Å². The Balaban J connectivity index is 2.97. The zero-order chi connectivity index (χ0) is 13.2. The largest absolute Gasteiger partial charge is 0.460 e. The zero-order valence-corrected chi connectivity index (χ0v) is 10.4. The smallest absolute Gasteiger partial charge is 0.313 e. The molecule has 94 valence electrons. The van der Waals surface area contributed by atoms with E-state index >= 15 is 0 Å². The van der Waals surface area contributed by atoms with Crippen molar-refractivity contribution >= 4 is 5.97 Å². The fourth-order valence-electron chi connectivity index (χ4n) is 1.43. The molecule has 0 bridgehead atoms. The molecule has 0 saturated heterocycles. The Morgan fingerprint density at radius 3 is 2.12 bits per heavy atom. The normalized spacial score (nSPS) is 13.3. The van der Waals surface area contributed by atoms with Gasteiger partial charge < -0.3 is 4.74 Å². The minimum Gasteiger partial charge on any atom is -0.460 e. The number of halogens is 2. The Hall–Kier alpha value is -1.45. The Morgan fingerprint density at radius 1 is 1.24 bits per heavy atom. The lowest BCUT2D eigenvalue weighted by Crippen LogP contribution is -2.27. The van der Waals surface area contributed by atoms with Crippen molar-refractivity contribution in [2.45, 2.75) is 39.2 Å². The van der Waals surface area contributed by atoms with Gasteiger partial charge in [0.1, 0.15) is 17.2 Å². The quantitative estimate of drug-likeness (QED) is 0.743. The average molecular weight is 242 g/mol. The fourth-order valence-corrected chi connectivity index (χ4v) is 1.43. The highest BCUT2D eigenvalue weighted by Crippen LogP contribution is 2.25. The van der Waals surface area contributed by atoms with Crippen LogP contribution in [0.5, 0.6) is 0 Å². The van der Waals surface area contributed by atoms with Crippen LogP contribution in [0.1, 0.15) is 39.2 Å². The molecule has 0 N–H and O–H groups in total. The summed E-state index contributed by atoms with van der Waals surface area (Å²) < 4.78 is 32.0. The highest BCUT2D eigenvalue weighted by Gasteiger charge is 2.27. The van der Waals surface area contributed by atoms with Crippen LogP contribution in [0.4, 0.5) is 8.78 Å². The van der Waals surface area contributed by atoms with Crippen molar-refractivity contribution in [1.29, 1.82) is 0 Å². The first-order chi connectivity index (χ1) is 7.72. The molecule has 0 fully saturated rings. The molecular formula is C13H16F2O2. The number of rotatable bonds is 2. The first-order valence-electron chi connectivity index (χ1n) is 5.39. The van der Waals surface area contributed by atoms with Crippen LogP contribution < -0.4 is 0 Å². The molecular weight excluding hydrogens is 226 g/mol. The van der Waals surface area contributed by atoms with E-state index in [1.165, 1.54) is 13.0 Å². The molecule has 0 aromatic heterocycles. The summed E-state index contributed by atoms with van der Waals surface area (Å²) in [5, 5.41) is 0. The van der Waals surface area contributed by atoms with Crippen LogP contribution >= 0.6 is 0 Å². The van der Waals surface area contributed by atoms with Gasteiger partial charge in [0.15, 0.2) is 0 Å². The van der Waals surface area contributed by atoms with Crippen LogP contribution in [0, 0.1) is 11.6 Å². The third kappa shape index (κ3) is 3.51. The van der Waals surface area contributed by atoms with E-state index in [0.717, 1.165) is 12.1 Å². The predicted octanol–water partition coefficient (Wildman–Crippen LogP) is 3.41. The van der Waals surface area contributed by atoms with Gasteiger partial charge in [-0.1, -0.05) is 6.07 Å². The van der Waals surface area contributed by atoms with Gasteiger partial charge in [-0.15, -0.1) is 0 Å². The van der Waals surface area contributed by atoms with Crippen molar-refractivity contribution in [3.8, 4) is 0 Å². The fraction of sp³-hybridized carbons (Fsp3) is 0.462. The van der Waals surface area contributed by atoms with Gasteiger partial charge in [-0.3, -0.25) is 4.79 Å². The van der Waals surface area contributed by atoms with E-state index < -0.39 is 29.1 Å². The van der Waals surface area contributed by atoms with E-state index in [4.69, 9.17) is 4.74 Å². The molecule has 2 nitrogen and oxygen atoms in total. The molecule has 0 aliphatic heterocycles. The van der Waals surface area contributed by atoms with E-state index in [-0.39, 0.29) is 5.56 Å². The molecule has 1 atom stereocenters. The number of hydrogen-bond acceptors (Lipinski definition) is 2. The molecule has 0 saturated carbocycles. The van der Waals surface area contributed by atoms with Crippen LogP contribution in [0.2, 0.25) is 0 Å². The van der Waals surface area contributed by atoms with Gasteiger partial charge >= 0.3 is 5.97 Å². The molecule has 0 heterocycles. The predicted molar refractivity (Wildman–Crippen MR) is 60.6 cm³/mol. The first-order valence-corrected chi connectivity index (χ1v) is 5.39. The molecule has 0 amide bonds. The summed E-state index contributed by atoms with van der Waals surface area (Å²) in [7, 11) is 0. The lowest BCUT2D eigenvalue weighted by molar-refractivity contribution is -0.156. The SMILES string of the molecule is CC(C(=O)OC(C)(C)C)c1c(F)cccc1F. The van der Waals surface area contributed by atoms with E-state index in [2.05, 4.69) is 0 Å². The molecule has 1 aromatic carbocycles. The number of ether oxygens (including phenoxy) is 1. The van der Waals surface area contributed by atoms with Crippen LogP contribution in [0.3, 0.4) is 0 Å². The summed E-state index contributed by atoms with van der Waals surface area (Å²) >= 11 is 0. The third-order valence-electron chi connectivity index (χ3n) is 2.19. The highest BCUT2D eigenvalue weighted by molar-refractivity contribution is 5.78. The second-order valence-electron chi connectivity index (χ2n) is 4.89. The van der Waals surface area contributed by atoms with Gasteiger partial charge in [-0.2, -0.15) is 0 Å². The Morgan fingerprint density at radius 2 is 1.71 bits per heavy atom. The van der Waals surface area contributed by atoms with Crippen LogP contribution in [-0.4, -0.2) is 11.6 Å². The lowest BCUT2D eigenvalue weighted by atomic mass is 9.99. The minimum absolute atomic E-state index is 0.248. The minimum atomic E-state index is -0.963. The average Bonchev–Trinajstić information content (AvgIpc) is 2.14. The monoisotopic (exact) mass is 242 g/mol. The summed E-state index contributed by atoms with van der Waals surface area (Å²) in [4.78, 5) is 11.7. The molecule has 0 aliphatic carbocycles. The van der Waals surface area contributed by atoms with Gasteiger partial charge in [-0.25, -0.2) is 8.78 Å². The van der Waals surface area contributed by atoms with Crippen LogP contribution in [0.15, 0.2) is 18.2 Å². The third-order valence-corrected chi connectivity index (χ3v) is 2.19. The second-order valence-corrected chi connectivity index (χ2v) is 4.89. The number of carbonyl (C=O) groups excluding carboxylic acids is 1. The molecule has 1 unspecified atom stereocenters. The number of benzene rings is 1. The van der Waals surface area contributed by atoms with E-state index in [0.29, 0.717) is 0 Å². The first kappa shape index (κ1) is 13.6. The van der Waals surface area contributed by atoms with Gasteiger partial charge in [-0.05, 0) is 39.8 Å². The maximum Gasteiger partial charge on any atom is 0.313 e.